The molecule has 2 heterocycles. The first kappa shape index (κ1) is 20.6. The van der Waals surface area contributed by atoms with Crippen LogP contribution in [0.2, 0.25) is 5.02 Å². The molecule has 1 aromatic heterocycles. The summed E-state index contributed by atoms with van der Waals surface area (Å²) in [5.41, 5.74) is -0.0560. The van der Waals surface area contributed by atoms with Gasteiger partial charge < -0.3 is 19.7 Å². The van der Waals surface area contributed by atoms with Crippen molar-refractivity contribution in [3.05, 3.63) is 35.0 Å². The van der Waals surface area contributed by atoms with Gasteiger partial charge in [-0.1, -0.05) is 17.7 Å². The molecule has 1 saturated carbocycles. The molecule has 2 aliphatic rings. The maximum Gasteiger partial charge on any atom is 0.253 e. The first-order valence-electron chi connectivity index (χ1n) is 10.0. The lowest BCUT2D eigenvalue weighted by molar-refractivity contribution is -0.101. The van der Waals surface area contributed by atoms with Crippen LogP contribution in [0, 0.1) is 0 Å². The molecule has 2 N–H and O–H groups in total. The SMILES string of the molecule is O=C(NCC1(O)CCC(F)(F)CC1)c1cn(CC2CCCO2)c2cccc(Cl)c12. The molecule has 2 aromatic rings. The van der Waals surface area contributed by atoms with Gasteiger partial charge in [-0.15, -0.1) is 0 Å². The van der Waals surface area contributed by atoms with Gasteiger partial charge in [-0.25, -0.2) is 8.78 Å². The van der Waals surface area contributed by atoms with Crippen LogP contribution in [0.25, 0.3) is 10.9 Å². The first-order chi connectivity index (χ1) is 13.8. The molecule has 0 spiro atoms. The van der Waals surface area contributed by atoms with Crippen molar-refractivity contribution in [1.29, 1.82) is 0 Å². The fourth-order valence-electron chi connectivity index (χ4n) is 4.24. The number of nitrogens with one attached hydrogen (secondary N) is 1. The Morgan fingerprint density at radius 2 is 2.07 bits per heavy atom. The third kappa shape index (κ3) is 4.42. The number of nitrogens with zero attached hydrogens (tertiary/aromatic N) is 1. The summed E-state index contributed by atoms with van der Waals surface area (Å²) in [7, 11) is 0. The van der Waals surface area contributed by atoms with Crippen LogP contribution in [0.5, 0.6) is 0 Å². The minimum Gasteiger partial charge on any atom is -0.388 e. The van der Waals surface area contributed by atoms with Crippen LogP contribution < -0.4 is 5.32 Å². The predicted octanol–water partition coefficient (Wildman–Crippen LogP) is 4.14. The van der Waals surface area contributed by atoms with Crippen LogP contribution in [0.3, 0.4) is 0 Å². The second-order valence-electron chi connectivity index (χ2n) is 8.23. The highest BCUT2D eigenvalue weighted by molar-refractivity contribution is 6.36. The molecule has 1 atom stereocenters. The Kier molecular flexibility index (Phi) is 5.57. The lowest BCUT2D eigenvalue weighted by Crippen LogP contribution is -2.47. The third-order valence-electron chi connectivity index (χ3n) is 6.01. The summed E-state index contributed by atoms with van der Waals surface area (Å²) in [5, 5.41) is 14.4. The second-order valence-corrected chi connectivity index (χ2v) is 8.63. The molecule has 1 aliphatic heterocycles. The first-order valence-corrected chi connectivity index (χ1v) is 10.4. The van der Waals surface area contributed by atoms with Crippen molar-refractivity contribution in [2.24, 2.45) is 0 Å². The van der Waals surface area contributed by atoms with E-state index in [-0.39, 0.29) is 44.2 Å². The summed E-state index contributed by atoms with van der Waals surface area (Å²) in [6.07, 6.45) is 3.04. The normalized spacial score (nSPS) is 23.4. The molecule has 5 nitrogen and oxygen atoms in total. The van der Waals surface area contributed by atoms with Crippen molar-refractivity contribution >= 4 is 28.4 Å². The predicted molar refractivity (Wildman–Crippen MR) is 107 cm³/mol. The lowest BCUT2D eigenvalue weighted by atomic mass is 9.82. The minimum atomic E-state index is -2.74. The van der Waals surface area contributed by atoms with Gasteiger partial charge in [0.1, 0.15) is 0 Å². The van der Waals surface area contributed by atoms with Crippen LogP contribution in [0.15, 0.2) is 24.4 Å². The average Bonchev–Trinajstić information content (AvgIpc) is 3.32. The van der Waals surface area contributed by atoms with E-state index < -0.39 is 11.5 Å². The number of amides is 1. The number of hydrogen-bond acceptors (Lipinski definition) is 3. The molecule has 0 radical (unpaired) electrons. The molecule has 158 valence electrons. The van der Waals surface area contributed by atoms with E-state index in [1.807, 2.05) is 16.7 Å². The molecule has 1 saturated heterocycles. The van der Waals surface area contributed by atoms with Crippen molar-refractivity contribution in [2.45, 2.75) is 62.7 Å². The highest BCUT2D eigenvalue weighted by Gasteiger charge is 2.42. The number of fused-ring (bicyclic) bond motifs is 1. The summed E-state index contributed by atoms with van der Waals surface area (Å²) in [4.78, 5) is 12.9. The maximum absolute atomic E-state index is 13.4. The highest BCUT2D eigenvalue weighted by Crippen LogP contribution is 2.38. The Labute approximate surface area is 173 Å². The van der Waals surface area contributed by atoms with Gasteiger partial charge in [0.05, 0.1) is 27.8 Å². The minimum absolute atomic E-state index is 0.0399. The summed E-state index contributed by atoms with van der Waals surface area (Å²) < 4.78 is 34.4. The molecular formula is C21H25ClF2N2O3. The summed E-state index contributed by atoms with van der Waals surface area (Å²) in [6.45, 7) is 1.31. The van der Waals surface area contributed by atoms with Gasteiger partial charge in [0.15, 0.2) is 0 Å². The zero-order valence-electron chi connectivity index (χ0n) is 16.1. The van der Waals surface area contributed by atoms with Gasteiger partial charge in [-0.05, 0) is 37.8 Å². The molecule has 1 amide bonds. The van der Waals surface area contributed by atoms with Crippen LogP contribution in [0.1, 0.15) is 48.9 Å². The van der Waals surface area contributed by atoms with E-state index in [9.17, 15) is 18.7 Å². The number of aliphatic hydroxyl groups is 1. The average molecular weight is 427 g/mol. The quantitative estimate of drug-likeness (QED) is 0.755. The highest BCUT2D eigenvalue weighted by atomic mass is 35.5. The molecule has 2 fully saturated rings. The number of alkyl halides is 2. The number of halogens is 3. The van der Waals surface area contributed by atoms with Gasteiger partial charge in [0.2, 0.25) is 5.92 Å². The number of carbonyl (C=O) groups is 1. The fraction of sp³-hybridized carbons (Fsp3) is 0.571. The van der Waals surface area contributed by atoms with Crippen molar-refractivity contribution in [2.75, 3.05) is 13.2 Å². The zero-order valence-corrected chi connectivity index (χ0v) is 16.9. The lowest BCUT2D eigenvalue weighted by Gasteiger charge is -2.35. The zero-order chi connectivity index (χ0) is 20.6. The molecule has 1 unspecified atom stereocenters. The number of aromatic nitrogens is 1. The van der Waals surface area contributed by atoms with Crippen LogP contribution >= 0.6 is 11.6 Å². The molecule has 29 heavy (non-hydrogen) atoms. The van der Waals surface area contributed by atoms with Gasteiger partial charge in [-0.3, -0.25) is 4.79 Å². The third-order valence-corrected chi connectivity index (χ3v) is 6.33. The summed E-state index contributed by atoms with van der Waals surface area (Å²) in [5.74, 6) is -3.11. The van der Waals surface area contributed by atoms with Crippen molar-refractivity contribution in [1.82, 2.24) is 9.88 Å². The monoisotopic (exact) mass is 426 g/mol. The second kappa shape index (κ2) is 7.85. The Morgan fingerprint density at radius 1 is 1.31 bits per heavy atom. The van der Waals surface area contributed by atoms with Crippen molar-refractivity contribution < 1.29 is 23.4 Å². The smallest absolute Gasteiger partial charge is 0.253 e. The standard InChI is InChI=1S/C21H25ClF2N2O3/c22-16-4-1-5-17-18(16)15(12-26(17)11-14-3-2-10-29-14)19(27)25-13-20(28)6-8-21(23,24)9-7-20/h1,4-5,12,14,28H,2-3,6-11,13H2,(H,25,27). The number of ether oxygens (including phenoxy) is 1. The van der Waals surface area contributed by atoms with E-state index in [4.69, 9.17) is 16.3 Å². The van der Waals surface area contributed by atoms with E-state index in [0.29, 0.717) is 22.5 Å². The molecular weight excluding hydrogens is 402 g/mol. The van der Waals surface area contributed by atoms with Crippen LogP contribution in [-0.4, -0.2) is 46.4 Å². The number of benzene rings is 1. The number of carbonyl (C=O) groups excluding carboxylic acids is 1. The Bertz CT molecular complexity index is 899. The molecule has 4 rings (SSSR count). The van der Waals surface area contributed by atoms with Gasteiger partial charge in [-0.2, -0.15) is 0 Å². The topological polar surface area (TPSA) is 63.5 Å². The fourth-order valence-corrected chi connectivity index (χ4v) is 4.51. The summed E-state index contributed by atoms with van der Waals surface area (Å²) in [6, 6.07) is 5.47. The van der Waals surface area contributed by atoms with E-state index in [0.717, 1.165) is 25.0 Å². The number of rotatable bonds is 5. The van der Waals surface area contributed by atoms with Crippen LogP contribution in [-0.2, 0) is 11.3 Å². The Morgan fingerprint density at radius 3 is 2.76 bits per heavy atom. The Hall–Kier alpha value is -1.70. The van der Waals surface area contributed by atoms with Gasteiger partial charge in [0, 0.05) is 44.1 Å². The Balaban J connectivity index is 1.52. The van der Waals surface area contributed by atoms with E-state index >= 15 is 0 Å². The molecule has 8 heteroatoms. The molecule has 0 bridgehead atoms. The molecule has 1 aromatic carbocycles. The maximum atomic E-state index is 13.4. The van der Waals surface area contributed by atoms with E-state index in [1.54, 1.807) is 12.3 Å². The van der Waals surface area contributed by atoms with E-state index in [2.05, 4.69) is 5.32 Å². The van der Waals surface area contributed by atoms with Crippen molar-refractivity contribution in [3.8, 4) is 0 Å². The summed E-state index contributed by atoms with van der Waals surface area (Å²) >= 11 is 6.39. The van der Waals surface area contributed by atoms with E-state index in [1.165, 1.54) is 0 Å². The molecule has 1 aliphatic carbocycles. The van der Waals surface area contributed by atoms with Gasteiger partial charge in [0.25, 0.3) is 5.91 Å². The van der Waals surface area contributed by atoms with Gasteiger partial charge >= 0.3 is 0 Å². The van der Waals surface area contributed by atoms with Crippen LogP contribution in [0.4, 0.5) is 8.78 Å². The van der Waals surface area contributed by atoms with Crippen molar-refractivity contribution in [3.63, 3.8) is 0 Å². The largest absolute Gasteiger partial charge is 0.388 e. The number of hydrogen-bond donors (Lipinski definition) is 2.